The van der Waals surface area contributed by atoms with Gasteiger partial charge in [-0.2, -0.15) is 0 Å². The highest BCUT2D eigenvalue weighted by Gasteiger charge is 2.38. The maximum Gasteiger partial charge on any atom is 0.329 e. The smallest absolute Gasteiger partial charge is 0.329 e. The Morgan fingerprint density at radius 2 is 2.33 bits per heavy atom. The van der Waals surface area contributed by atoms with Crippen LogP contribution in [0.1, 0.15) is 6.92 Å². The number of imide groups is 1. The van der Waals surface area contributed by atoms with E-state index in [0.29, 0.717) is 11.8 Å². The molecule has 1 atom stereocenters. The zero-order valence-electron chi connectivity index (χ0n) is 6.33. The molecule has 0 aliphatic carbocycles. The molecule has 2 amide bonds. The van der Waals surface area contributed by atoms with E-state index in [1.54, 1.807) is 6.92 Å². The highest BCUT2D eigenvalue weighted by atomic mass is 32.2. The lowest BCUT2D eigenvalue weighted by atomic mass is 10.4. The zero-order chi connectivity index (χ0) is 9.14. The summed E-state index contributed by atoms with van der Waals surface area (Å²) in [5.74, 6) is -1.26. The number of rotatable bonds is 2. The molecule has 0 aromatic rings. The van der Waals surface area contributed by atoms with Crippen molar-refractivity contribution in [1.82, 2.24) is 5.32 Å². The first kappa shape index (κ1) is 9.05. The highest BCUT2D eigenvalue weighted by molar-refractivity contribution is 8.16. The Kier molecular flexibility index (Phi) is 2.69. The fraction of sp³-hybridized carbons (Fsp3) is 0.500. The SMILES string of the molecule is CCOC(=O)C1SC(=O)NC1=O. The van der Waals surface area contributed by atoms with Crippen LogP contribution in [0.3, 0.4) is 0 Å². The van der Waals surface area contributed by atoms with Gasteiger partial charge >= 0.3 is 5.97 Å². The van der Waals surface area contributed by atoms with Gasteiger partial charge in [-0.05, 0) is 18.7 Å². The summed E-state index contributed by atoms with van der Waals surface area (Å²) in [6.07, 6.45) is 0. The number of hydrogen-bond donors (Lipinski definition) is 1. The molecule has 5 nitrogen and oxygen atoms in total. The van der Waals surface area contributed by atoms with Crippen LogP contribution in [0.5, 0.6) is 0 Å². The Bertz CT molecular complexity index is 240. The van der Waals surface area contributed by atoms with Crippen molar-refractivity contribution in [3.8, 4) is 0 Å². The molecule has 0 aromatic carbocycles. The van der Waals surface area contributed by atoms with Gasteiger partial charge in [0.2, 0.25) is 0 Å². The van der Waals surface area contributed by atoms with Gasteiger partial charge in [0.1, 0.15) is 0 Å². The van der Waals surface area contributed by atoms with Crippen LogP contribution in [0.2, 0.25) is 0 Å². The molecule has 6 heteroatoms. The van der Waals surface area contributed by atoms with E-state index in [1.165, 1.54) is 0 Å². The van der Waals surface area contributed by atoms with Gasteiger partial charge in [0.15, 0.2) is 5.25 Å². The number of amides is 2. The molecule has 1 aliphatic heterocycles. The molecule has 0 saturated carbocycles. The summed E-state index contributed by atoms with van der Waals surface area (Å²) in [5.41, 5.74) is 0. The summed E-state index contributed by atoms with van der Waals surface area (Å²) in [4.78, 5) is 32.4. The lowest BCUT2D eigenvalue weighted by Gasteiger charge is -2.02. The van der Waals surface area contributed by atoms with Gasteiger partial charge < -0.3 is 4.74 Å². The van der Waals surface area contributed by atoms with E-state index in [2.05, 4.69) is 4.74 Å². The average Bonchev–Trinajstić information content (AvgIpc) is 2.30. The Morgan fingerprint density at radius 3 is 2.75 bits per heavy atom. The molecule has 0 spiro atoms. The molecule has 1 rings (SSSR count). The maximum absolute atomic E-state index is 10.9. The summed E-state index contributed by atoms with van der Waals surface area (Å²) in [5, 5.41) is 0.472. The van der Waals surface area contributed by atoms with Crippen molar-refractivity contribution in [2.45, 2.75) is 12.2 Å². The predicted molar refractivity (Wildman–Crippen MR) is 41.6 cm³/mol. The van der Waals surface area contributed by atoms with Gasteiger partial charge in [0.25, 0.3) is 11.1 Å². The second kappa shape index (κ2) is 3.57. The molecular weight excluding hydrogens is 182 g/mol. The standard InChI is InChI=1S/C6H7NO4S/c1-2-11-5(9)3-4(8)7-6(10)12-3/h3H,2H2,1H3,(H,7,8,10). The fourth-order valence-corrected chi connectivity index (χ4v) is 1.43. The minimum absolute atomic E-state index is 0.206. The van der Waals surface area contributed by atoms with Crippen molar-refractivity contribution in [2.24, 2.45) is 0 Å². The molecule has 0 bridgehead atoms. The number of esters is 1. The van der Waals surface area contributed by atoms with Gasteiger partial charge in [-0.25, -0.2) is 0 Å². The van der Waals surface area contributed by atoms with Crippen molar-refractivity contribution in [2.75, 3.05) is 6.61 Å². The summed E-state index contributed by atoms with van der Waals surface area (Å²) >= 11 is 0.648. The van der Waals surface area contributed by atoms with E-state index in [-0.39, 0.29) is 6.61 Å². The van der Waals surface area contributed by atoms with Crippen molar-refractivity contribution in [3.63, 3.8) is 0 Å². The third-order valence-corrected chi connectivity index (χ3v) is 2.15. The monoisotopic (exact) mass is 189 g/mol. The van der Waals surface area contributed by atoms with Crippen LogP contribution in [0.15, 0.2) is 0 Å². The van der Waals surface area contributed by atoms with E-state index < -0.39 is 22.4 Å². The Morgan fingerprint density at radius 1 is 1.67 bits per heavy atom. The fourth-order valence-electron chi connectivity index (χ4n) is 0.729. The van der Waals surface area contributed by atoms with Crippen molar-refractivity contribution >= 4 is 28.9 Å². The molecule has 1 heterocycles. The van der Waals surface area contributed by atoms with Gasteiger partial charge in [0.05, 0.1) is 6.61 Å². The van der Waals surface area contributed by atoms with E-state index >= 15 is 0 Å². The molecule has 0 radical (unpaired) electrons. The molecule has 1 N–H and O–H groups in total. The molecule has 0 aromatic heterocycles. The van der Waals surface area contributed by atoms with E-state index in [0.717, 1.165) is 0 Å². The summed E-state index contributed by atoms with van der Waals surface area (Å²) < 4.78 is 4.57. The normalized spacial score (nSPS) is 22.2. The highest BCUT2D eigenvalue weighted by Crippen LogP contribution is 2.19. The van der Waals surface area contributed by atoms with E-state index in [1.807, 2.05) is 5.32 Å². The Balaban J connectivity index is 2.58. The molecule has 66 valence electrons. The molecular formula is C6H7NO4S. The summed E-state index contributed by atoms with van der Waals surface area (Å²) in [6.45, 7) is 1.84. The van der Waals surface area contributed by atoms with Gasteiger partial charge in [0, 0.05) is 0 Å². The summed E-state index contributed by atoms with van der Waals surface area (Å²) in [6, 6.07) is 0. The second-order valence-electron chi connectivity index (χ2n) is 2.03. The third-order valence-electron chi connectivity index (χ3n) is 1.19. The molecule has 1 aliphatic rings. The Hall–Kier alpha value is -1.04. The molecule has 1 unspecified atom stereocenters. The van der Waals surface area contributed by atoms with E-state index in [4.69, 9.17) is 0 Å². The Labute approximate surface area is 72.8 Å². The van der Waals surface area contributed by atoms with Gasteiger partial charge in [-0.1, -0.05) is 0 Å². The lowest BCUT2D eigenvalue weighted by Crippen LogP contribution is -2.31. The second-order valence-corrected chi connectivity index (χ2v) is 3.10. The molecule has 12 heavy (non-hydrogen) atoms. The van der Waals surface area contributed by atoms with Crippen molar-refractivity contribution < 1.29 is 19.1 Å². The first-order valence-electron chi connectivity index (χ1n) is 3.33. The van der Waals surface area contributed by atoms with Crippen LogP contribution in [0, 0.1) is 0 Å². The van der Waals surface area contributed by atoms with Crippen LogP contribution in [0.25, 0.3) is 0 Å². The topological polar surface area (TPSA) is 72.5 Å². The van der Waals surface area contributed by atoms with Crippen LogP contribution in [0.4, 0.5) is 4.79 Å². The molecule has 1 fully saturated rings. The van der Waals surface area contributed by atoms with Crippen LogP contribution < -0.4 is 5.32 Å². The number of thioether (sulfide) groups is 1. The number of nitrogens with one attached hydrogen (secondary N) is 1. The number of hydrogen-bond acceptors (Lipinski definition) is 5. The quantitative estimate of drug-likeness (QED) is 0.485. The van der Waals surface area contributed by atoms with Gasteiger partial charge in [-0.15, -0.1) is 0 Å². The molecule has 1 saturated heterocycles. The largest absolute Gasteiger partial charge is 0.465 e. The zero-order valence-corrected chi connectivity index (χ0v) is 7.14. The lowest BCUT2D eigenvalue weighted by molar-refractivity contribution is -0.144. The predicted octanol–water partition coefficient (Wildman–Crippen LogP) is -0.0989. The van der Waals surface area contributed by atoms with Crippen LogP contribution in [-0.2, 0) is 14.3 Å². The minimum Gasteiger partial charge on any atom is -0.465 e. The van der Waals surface area contributed by atoms with Crippen LogP contribution >= 0.6 is 11.8 Å². The van der Waals surface area contributed by atoms with E-state index in [9.17, 15) is 14.4 Å². The minimum atomic E-state index is -1.02. The number of carbonyl (C=O) groups is 3. The van der Waals surface area contributed by atoms with Crippen molar-refractivity contribution in [1.29, 1.82) is 0 Å². The van der Waals surface area contributed by atoms with Gasteiger partial charge in [-0.3, -0.25) is 19.7 Å². The van der Waals surface area contributed by atoms with Crippen LogP contribution in [-0.4, -0.2) is 29.0 Å². The number of ether oxygens (including phenoxy) is 1. The summed E-state index contributed by atoms with van der Waals surface area (Å²) in [7, 11) is 0. The van der Waals surface area contributed by atoms with Crippen molar-refractivity contribution in [3.05, 3.63) is 0 Å². The maximum atomic E-state index is 10.9. The number of carbonyl (C=O) groups excluding carboxylic acids is 3. The third kappa shape index (κ3) is 1.76. The first-order chi connectivity index (χ1) is 5.65. The first-order valence-corrected chi connectivity index (χ1v) is 4.21. The average molecular weight is 189 g/mol.